The Hall–Kier alpha value is -0.540. The summed E-state index contributed by atoms with van der Waals surface area (Å²) in [5.41, 5.74) is 1.20. The minimum atomic E-state index is 0.681. The van der Waals surface area contributed by atoms with Crippen LogP contribution in [0.15, 0.2) is 17.0 Å². The van der Waals surface area contributed by atoms with Crippen molar-refractivity contribution in [3.63, 3.8) is 0 Å². The molecule has 0 fully saturated rings. The van der Waals surface area contributed by atoms with Gasteiger partial charge in [0, 0.05) is 24.2 Å². The molecule has 76 valence electrons. The number of hydrogen-bond donors (Lipinski definition) is 0. The number of benzene rings is 1. The lowest BCUT2D eigenvalue weighted by atomic mass is 10.2. The van der Waals surface area contributed by atoms with E-state index in [-0.39, 0.29) is 0 Å². The van der Waals surface area contributed by atoms with E-state index in [1.807, 2.05) is 23.9 Å². The Kier molecular flexibility index (Phi) is 2.79. The van der Waals surface area contributed by atoms with Crippen LogP contribution in [0.4, 0.5) is 5.69 Å². The number of thioether (sulfide) groups is 1. The van der Waals surface area contributed by atoms with Crippen LogP contribution in [0.25, 0.3) is 0 Å². The van der Waals surface area contributed by atoms with Gasteiger partial charge in [0.15, 0.2) is 0 Å². The van der Waals surface area contributed by atoms with Gasteiger partial charge in [-0.15, -0.1) is 11.8 Å². The molecular weight excluding hydrogens is 218 g/mol. The summed E-state index contributed by atoms with van der Waals surface area (Å²) in [6, 6.07) is 3.99. The third kappa shape index (κ3) is 1.66. The third-order valence-corrected chi connectivity index (χ3v) is 3.65. The van der Waals surface area contributed by atoms with Crippen LogP contribution in [0.1, 0.15) is 0 Å². The van der Waals surface area contributed by atoms with Crippen molar-refractivity contribution in [1.82, 2.24) is 0 Å². The summed E-state index contributed by atoms with van der Waals surface area (Å²) in [5, 5.41) is 0.681. The van der Waals surface area contributed by atoms with E-state index < -0.39 is 0 Å². The van der Waals surface area contributed by atoms with Crippen LogP contribution in [-0.4, -0.2) is 26.5 Å². The van der Waals surface area contributed by atoms with Crippen molar-refractivity contribution < 1.29 is 4.74 Å². The highest BCUT2D eigenvalue weighted by Crippen LogP contribution is 2.40. The largest absolute Gasteiger partial charge is 0.495 e. The summed E-state index contributed by atoms with van der Waals surface area (Å²) >= 11 is 7.92. The molecule has 1 aliphatic heterocycles. The second-order valence-electron chi connectivity index (χ2n) is 3.22. The lowest BCUT2D eigenvalue weighted by Gasteiger charge is -2.27. The Morgan fingerprint density at radius 3 is 3.00 bits per heavy atom. The van der Waals surface area contributed by atoms with E-state index in [9.17, 15) is 0 Å². The fraction of sp³-hybridized carbons (Fsp3) is 0.400. The van der Waals surface area contributed by atoms with Gasteiger partial charge in [-0.05, 0) is 12.1 Å². The molecule has 0 radical (unpaired) electrons. The highest BCUT2D eigenvalue weighted by atomic mass is 35.5. The zero-order chi connectivity index (χ0) is 10.1. The van der Waals surface area contributed by atoms with E-state index in [1.165, 1.54) is 10.6 Å². The Morgan fingerprint density at radius 2 is 2.29 bits per heavy atom. The molecule has 0 spiro atoms. The molecule has 0 aliphatic carbocycles. The van der Waals surface area contributed by atoms with Gasteiger partial charge in [-0.25, -0.2) is 0 Å². The molecule has 1 aromatic carbocycles. The second-order valence-corrected chi connectivity index (χ2v) is 4.77. The van der Waals surface area contributed by atoms with Gasteiger partial charge in [0.05, 0.1) is 17.8 Å². The van der Waals surface area contributed by atoms with Gasteiger partial charge in [-0.2, -0.15) is 0 Å². The number of methoxy groups -OCH3 is 1. The van der Waals surface area contributed by atoms with Crippen LogP contribution in [-0.2, 0) is 0 Å². The third-order valence-electron chi connectivity index (χ3n) is 2.33. The zero-order valence-corrected chi connectivity index (χ0v) is 9.78. The first-order valence-corrected chi connectivity index (χ1v) is 5.80. The van der Waals surface area contributed by atoms with Crippen LogP contribution in [0.5, 0.6) is 5.75 Å². The topological polar surface area (TPSA) is 12.5 Å². The van der Waals surface area contributed by atoms with Crippen LogP contribution in [0.2, 0.25) is 5.02 Å². The number of halogens is 1. The standard InChI is InChI=1S/C10H12ClNOS/c1-12-3-4-14-10-6-9(13-2)7(11)5-8(10)12/h5-6H,3-4H2,1-2H3. The van der Waals surface area contributed by atoms with Crippen molar-refractivity contribution in [3.05, 3.63) is 17.2 Å². The molecule has 14 heavy (non-hydrogen) atoms. The van der Waals surface area contributed by atoms with E-state index in [0.29, 0.717) is 5.02 Å². The van der Waals surface area contributed by atoms with Crippen LogP contribution < -0.4 is 9.64 Å². The highest BCUT2D eigenvalue weighted by Gasteiger charge is 2.16. The minimum absolute atomic E-state index is 0.681. The summed E-state index contributed by atoms with van der Waals surface area (Å²) in [6.07, 6.45) is 0. The lowest BCUT2D eigenvalue weighted by Crippen LogP contribution is -2.24. The average molecular weight is 230 g/mol. The maximum absolute atomic E-state index is 6.07. The number of ether oxygens (including phenoxy) is 1. The maximum Gasteiger partial charge on any atom is 0.138 e. The van der Waals surface area contributed by atoms with Crippen LogP contribution in [0, 0.1) is 0 Å². The predicted octanol–water partition coefficient (Wildman–Crippen LogP) is 2.89. The molecule has 0 saturated carbocycles. The van der Waals surface area contributed by atoms with E-state index in [1.54, 1.807) is 7.11 Å². The molecule has 0 bridgehead atoms. The van der Waals surface area contributed by atoms with Crippen molar-refractivity contribution in [2.45, 2.75) is 4.90 Å². The predicted molar refractivity (Wildman–Crippen MR) is 62.0 cm³/mol. The molecule has 0 unspecified atom stereocenters. The maximum atomic E-state index is 6.07. The summed E-state index contributed by atoms with van der Waals surface area (Å²) in [4.78, 5) is 3.47. The summed E-state index contributed by atoms with van der Waals surface area (Å²) in [6.45, 7) is 1.07. The van der Waals surface area contributed by atoms with Crippen molar-refractivity contribution in [3.8, 4) is 5.75 Å². The molecular formula is C10H12ClNOS. The first kappa shape index (κ1) is 9.99. The summed E-state index contributed by atoms with van der Waals surface area (Å²) in [5.74, 6) is 1.88. The number of rotatable bonds is 1. The fourth-order valence-electron chi connectivity index (χ4n) is 1.51. The quantitative estimate of drug-likeness (QED) is 0.735. The van der Waals surface area contributed by atoms with E-state index in [4.69, 9.17) is 16.3 Å². The van der Waals surface area contributed by atoms with Crippen molar-refractivity contribution in [2.75, 3.05) is 31.4 Å². The SMILES string of the molecule is COc1cc2c(cc1Cl)N(C)CCS2. The monoisotopic (exact) mass is 229 g/mol. The van der Waals surface area contributed by atoms with Gasteiger partial charge in [0.25, 0.3) is 0 Å². The zero-order valence-electron chi connectivity index (χ0n) is 8.21. The molecule has 0 aromatic heterocycles. The Labute approximate surface area is 93.2 Å². The van der Waals surface area contributed by atoms with Gasteiger partial charge >= 0.3 is 0 Å². The van der Waals surface area contributed by atoms with Crippen molar-refractivity contribution >= 4 is 29.1 Å². The van der Waals surface area contributed by atoms with Gasteiger partial charge in [-0.1, -0.05) is 11.6 Å². The van der Waals surface area contributed by atoms with Crippen LogP contribution in [0.3, 0.4) is 0 Å². The molecule has 1 aromatic rings. The number of nitrogens with zero attached hydrogens (tertiary/aromatic N) is 1. The molecule has 1 heterocycles. The number of fused-ring (bicyclic) bond motifs is 1. The Balaban J connectivity index is 2.48. The summed E-state index contributed by atoms with van der Waals surface area (Å²) < 4.78 is 5.18. The van der Waals surface area contributed by atoms with Gasteiger partial charge in [0.1, 0.15) is 5.75 Å². The molecule has 0 saturated heterocycles. The fourth-order valence-corrected chi connectivity index (χ4v) is 2.88. The smallest absolute Gasteiger partial charge is 0.138 e. The first-order chi connectivity index (χ1) is 6.72. The number of anilines is 1. The molecule has 1 aliphatic rings. The molecule has 4 heteroatoms. The van der Waals surface area contributed by atoms with Crippen molar-refractivity contribution in [1.29, 1.82) is 0 Å². The van der Waals surface area contributed by atoms with Gasteiger partial charge < -0.3 is 9.64 Å². The molecule has 2 rings (SSSR count). The van der Waals surface area contributed by atoms with Gasteiger partial charge in [0.2, 0.25) is 0 Å². The molecule has 0 amide bonds. The van der Waals surface area contributed by atoms with E-state index >= 15 is 0 Å². The Bertz CT molecular complexity index is 356. The lowest BCUT2D eigenvalue weighted by molar-refractivity contribution is 0.414. The minimum Gasteiger partial charge on any atom is -0.495 e. The van der Waals surface area contributed by atoms with Gasteiger partial charge in [-0.3, -0.25) is 0 Å². The second kappa shape index (κ2) is 3.91. The Morgan fingerprint density at radius 1 is 1.50 bits per heavy atom. The molecule has 0 N–H and O–H groups in total. The van der Waals surface area contributed by atoms with Crippen LogP contribution >= 0.6 is 23.4 Å². The van der Waals surface area contributed by atoms with E-state index in [0.717, 1.165) is 18.0 Å². The average Bonchev–Trinajstić information content (AvgIpc) is 2.19. The first-order valence-electron chi connectivity index (χ1n) is 4.44. The number of hydrogen-bond acceptors (Lipinski definition) is 3. The highest BCUT2D eigenvalue weighted by molar-refractivity contribution is 7.99. The van der Waals surface area contributed by atoms with E-state index in [2.05, 4.69) is 11.9 Å². The summed E-state index contributed by atoms with van der Waals surface area (Å²) in [7, 11) is 3.73. The molecule has 0 atom stereocenters. The van der Waals surface area contributed by atoms with Crippen molar-refractivity contribution in [2.24, 2.45) is 0 Å². The molecule has 2 nitrogen and oxygen atoms in total. The normalized spacial score (nSPS) is 15.2.